The second-order valence-corrected chi connectivity index (χ2v) is 3.56. The SMILES string of the molecule is O=C(O)COCCc1c[nH]c2ccccc12. The Labute approximate surface area is 92.9 Å². The summed E-state index contributed by atoms with van der Waals surface area (Å²) < 4.78 is 5.00. The molecule has 0 aliphatic rings. The van der Waals surface area contributed by atoms with Gasteiger partial charge in [0.1, 0.15) is 6.61 Å². The van der Waals surface area contributed by atoms with Crippen LogP contribution in [0, 0.1) is 0 Å². The molecular formula is C12H13NO3. The molecule has 84 valence electrons. The maximum absolute atomic E-state index is 10.2. The van der Waals surface area contributed by atoms with Gasteiger partial charge >= 0.3 is 5.97 Å². The van der Waals surface area contributed by atoms with Gasteiger partial charge in [0.15, 0.2) is 0 Å². The van der Waals surface area contributed by atoms with Gasteiger partial charge in [-0.25, -0.2) is 4.79 Å². The molecule has 0 amide bonds. The largest absolute Gasteiger partial charge is 0.480 e. The van der Waals surface area contributed by atoms with Gasteiger partial charge in [0.05, 0.1) is 6.61 Å². The van der Waals surface area contributed by atoms with Crippen molar-refractivity contribution < 1.29 is 14.6 Å². The fourth-order valence-corrected chi connectivity index (χ4v) is 1.68. The Balaban J connectivity index is 1.97. The number of para-hydroxylation sites is 1. The number of hydrogen-bond donors (Lipinski definition) is 2. The Hall–Kier alpha value is -1.81. The van der Waals surface area contributed by atoms with E-state index in [4.69, 9.17) is 9.84 Å². The predicted molar refractivity (Wildman–Crippen MR) is 60.5 cm³/mol. The molecule has 2 aromatic rings. The van der Waals surface area contributed by atoms with Crippen molar-refractivity contribution >= 4 is 16.9 Å². The summed E-state index contributed by atoms with van der Waals surface area (Å²) in [6, 6.07) is 8.01. The fraction of sp³-hybridized carbons (Fsp3) is 0.250. The number of hydrogen-bond acceptors (Lipinski definition) is 2. The van der Waals surface area contributed by atoms with E-state index in [0.717, 1.165) is 17.5 Å². The van der Waals surface area contributed by atoms with Crippen molar-refractivity contribution in [2.45, 2.75) is 6.42 Å². The zero-order valence-corrected chi connectivity index (χ0v) is 8.77. The zero-order valence-electron chi connectivity index (χ0n) is 8.77. The van der Waals surface area contributed by atoms with Crippen LogP contribution in [0.3, 0.4) is 0 Å². The number of aromatic nitrogens is 1. The van der Waals surface area contributed by atoms with Crippen molar-refractivity contribution in [3.8, 4) is 0 Å². The molecule has 0 bridgehead atoms. The molecule has 0 aliphatic heterocycles. The predicted octanol–water partition coefficient (Wildman–Crippen LogP) is 1.81. The molecule has 0 aliphatic carbocycles. The van der Waals surface area contributed by atoms with Crippen LogP contribution >= 0.6 is 0 Å². The number of carboxylic acids is 1. The van der Waals surface area contributed by atoms with Crippen molar-refractivity contribution in [3.63, 3.8) is 0 Å². The van der Waals surface area contributed by atoms with Crippen molar-refractivity contribution in [3.05, 3.63) is 36.0 Å². The molecule has 4 nitrogen and oxygen atoms in total. The third kappa shape index (κ3) is 2.41. The summed E-state index contributed by atoms with van der Waals surface area (Å²) in [5.41, 5.74) is 2.25. The van der Waals surface area contributed by atoms with Crippen LogP contribution in [0.4, 0.5) is 0 Å². The molecular weight excluding hydrogens is 206 g/mol. The lowest BCUT2D eigenvalue weighted by Crippen LogP contribution is -2.08. The van der Waals surface area contributed by atoms with Gasteiger partial charge in [0.25, 0.3) is 0 Å². The Morgan fingerprint density at radius 2 is 2.19 bits per heavy atom. The highest BCUT2D eigenvalue weighted by molar-refractivity contribution is 5.83. The average molecular weight is 219 g/mol. The zero-order chi connectivity index (χ0) is 11.4. The highest BCUT2D eigenvalue weighted by Gasteiger charge is 2.03. The lowest BCUT2D eigenvalue weighted by atomic mass is 10.1. The molecule has 0 unspecified atom stereocenters. The molecule has 2 N–H and O–H groups in total. The van der Waals surface area contributed by atoms with Crippen molar-refractivity contribution in [2.24, 2.45) is 0 Å². The highest BCUT2D eigenvalue weighted by atomic mass is 16.5. The molecule has 0 spiro atoms. The summed E-state index contributed by atoms with van der Waals surface area (Å²) in [6.07, 6.45) is 2.66. The highest BCUT2D eigenvalue weighted by Crippen LogP contribution is 2.17. The van der Waals surface area contributed by atoms with E-state index in [9.17, 15) is 4.79 Å². The van der Waals surface area contributed by atoms with Gasteiger partial charge in [-0.2, -0.15) is 0 Å². The Bertz CT molecular complexity index is 490. The van der Waals surface area contributed by atoms with Crippen LogP contribution in [0.25, 0.3) is 10.9 Å². The molecule has 0 atom stereocenters. The first-order valence-corrected chi connectivity index (χ1v) is 5.12. The van der Waals surface area contributed by atoms with Crippen LogP contribution in [-0.4, -0.2) is 29.3 Å². The third-order valence-corrected chi connectivity index (χ3v) is 2.42. The fourth-order valence-electron chi connectivity index (χ4n) is 1.68. The molecule has 16 heavy (non-hydrogen) atoms. The molecule has 0 radical (unpaired) electrons. The molecule has 0 saturated heterocycles. The van der Waals surface area contributed by atoms with E-state index in [2.05, 4.69) is 4.98 Å². The standard InChI is InChI=1S/C12H13NO3/c14-12(15)8-16-6-5-9-7-13-11-4-2-1-3-10(9)11/h1-4,7,13H,5-6,8H2,(H,14,15). The number of carbonyl (C=O) groups is 1. The number of ether oxygens (including phenoxy) is 1. The number of fused-ring (bicyclic) bond motifs is 1. The maximum Gasteiger partial charge on any atom is 0.329 e. The normalized spacial score (nSPS) is 10.8. The molecule has 1 heterocycles. The Morgan fingerprint density at radius 3 is 3.00 bits per heavy atom. The van der Waals surface area contributed by atoms with Crippen molar-refractivity contribution in [2.75, 3.05) is 13.2 Å². The molecule has 1 aromatic heterocycles. The monoisotopic (exact) mass is 219 g/mol. The molecule has 2 rings (SSSR count). The number of nitrogens with one attached hydrogen (secondary N) is 1. The maximum atomic E-state index is 10.2. The number of rotatable bonds is 5. The van der Waals surface area contributed by atoms with Crippen LogP contribution in [-0.2, 0) is 16.0 Å². The van der Waals surface area contributed by atoms with Crippen molar-refractivity contribution in [1.29, 1.82) is 0 Å². The summed E-state index contributed by atoms with van der Waals surface area (Å²) in [7, 11) is 0. The minimum Gasteiger partial charge on any atom is -0.480 e. The van der Waals surface area contributed by atoms with E-state index in [-0.39, 0.29) is 6.61 Å². The summed E-state index contributed by atoms with van der Waals surface area (Å²) in [5, 5.41) is 9.58. The van der Waals surface area contributed by atoms with Gasteiger partial charge in [0.2, 0.25) is 0 Å². The van der Waals surface area contributed by atoms with Gasteiger partial charge in [-0.3, -0.25) is 0 Å². The van der Waals surface area contributed by atoms with Gasteiger partial charge in [0, 0.05) is 17.1 Å². The van der Waals surface area contributed by atoms with Crippen LogP contribution in [0.2, 0.25) is 0 Å². The smallest absolute Gasteiger partial charge is 0.329 e. The number of H-pyrrole nitrogens is 1. The van der Waals surface area contributed by atoms with Crippen LogP contribution in [0.5, 0.6) is 0 Å². The van der Waals surface area contributed by atoms with Crippen molar-refractivity contribution in [1.82, 2.24) is 4.98 Å². The minimum atomic E-state index is -0.932. The molecule has 1 aromatic carbocycles. The van der Waals surface area contributed by atoms with E-state index in [1.165, 1.54) is 5.39 Å². The lowest BCUT2D eigenvalue weighted by Gasteiger charge is -2.00. The Kier molecular flexibility index (Phi) is 3.22. The quantitative estimate of drug-likeness (QED) is 0.754. The lowest BCUT2D eigenvalue weighted by molar-refractivity contribution is -0.142. The first-order valence-electron chi connectivity index (χ1n) is 5.12. The minimum absolute atomic E-state index is 0.234. The second kappa shape index (κ2) is 4.81. The number of benzene rings is 1. The first-order chi connectivity index (χ1) is 7.77. The second-order valence-electron chi connectivity index (χ2n) is 3.56. The van der Waals surface area contributed by atoms with Gasteiger partial charge in [-0.1, -0.05) is 18.2 Å². The summed E-state index contributed by atoms with van der Waals surface area (Å²) in [4.78, 5) is 13.4. The van der Waals surface area contributed by atoms with Crippen LogP contribution in [0.1, 0.15) is 5.56 Å². The van der Waals surface area contributed by atoms with Gasteiger partial charge in [-0.05, 0) is 18.1 Å². The van der Waals surface area contributed by atoms with Crippen LogP contribution < -0.4 is 0 Å². The third-order valence-electron chi connectivity index (χ3n) is 2.42. The van der Waals surface area contributed by atoms with Gasteiger partial charge in [-0.15, -0.1) is 0 Å². The number of carboxylic acid groups (broad SMARTS) is 1. The molecule has 0 fully saturated rings. The number of aliphatic carboxylic acids is 1. The summed E-state index contributed by atoms with van der Waals surface area (Å²) in [5.74, 6) is -0.932. The number of aromatic amines is 1. The summed E-state index contributed by atoms with van der Waals surface area (Å²) in [6.45, 7) is 0.191. The Morgan fingerprint density at radius 1 is 1.38 bits per heavy atom. The molecule has 0 saturated carbocycles. The van der Waals surface area contributed by atoms with E-state index in [0.29, 0.717) is 6.61 Å². The average Bonchev–Trinajstić information content (AvgIpc) is 2.68. The van der Waals surface area contributed by atoms with E-state index in [1.807, 2.05) is 30.5 Å². The first kappa shape index (κ1) is 10.7. The van der Waals surface area contributed by atoms with E-state index >= 15 is 0 Å². The van der Waals surface area contributed by atoms with Gasteiger partial charge < -0.3 is 14.8 Å². The molecule has 4 heteroatoms. The summed E-state index contributed by atoms with van der Waals surface area (Å²) >= 11 is 0. The van der Waals surface area contributed by atoms with E-state index < -0.39 is 5.97 Å². The van der Waals surface area contributed by atoms with E-state index in [1.54, 1.807) is 0 Å². The topological polar surface area (TPSA) is 62.3 Å². The van der Waals surface area contributed by atoms with Crippen LogP contribution in [0.15, 0.2) is 30.5 Å².